The molecular weight excluding hydrogens is 248 g/mol. The van der Waals surface area contributed by atoms with Crippen molar-refractivity contribution in [2.24, 2.45) is 0 Å². The summed E-state index contributed by atoms with van der Waals surface area (Å²) in [5, 5.41) is 3.66. The van der Waals surface area contributed by atoms with Crippen molar-refractivity contribution in [3.63, 3.8) is 0 Å². The Bertz CT molecular complexity index is 407. The molecule has 18 heavy (non-hydrogen) atoms. The predicted molar refractivity (Wildman–Crippen MR) is 74.9 cm³/mol. The second-order valence-electron chi connectivity index (χ2n) is 4.99. The molecule has 1 aromatic carbocycles. The van der Waals surface area contributed by atoms with Crippen LogP contribution in [-0.2, 0) is 4.79 Å². The normalized spacial score (nSPS) is 14.3. The van der Waals surface area contributed by atoms with Crippen LogP contribution >= 0.6 is 11.6 Å². The van der Waals surface area contributed by atoms with Gasteiger partial charge in [0.25, 0.3) is 5.91 Å². The van der Waals surface area contributed by atoms with Gasteiger partial charge in [-0.25, -0.2) is 0 Å². The molecule has 1 amide bonds. The number of amides is 1. The molecule has 0 aliphatic heterocycles. The quantitative estimate of drug-likeness (QED) is 0.833. The lowest BCUT2D eigenvalue weighted by molar-refractivity contribution is -0.902. The second-order valence-corrected chi connectivity index (χ2v) is 5.40. The number of benzene rings is 1. The number of rotatable bonds is 5. The van der Waals surface area contributed by atoms with Crippen LogP contribution in [0.3, 0.4) is 0 Å². The minimum Gasteiger partial charge on any atom is -0.349 e. The lowest BCUT2D eigenvalue weighted by atomic mass is 10.1. The van der Waals surface area contributed by atoms with Gasteiger partial charge in [0.2, 0.25) is 0 Å². The molecule has 100 valence electrons. The van der Waals surface area contributed by atoms with Crippen LogP contribution in [-0.4, -0.2) is 25.5 Å². The Labute approximate surface area is 114 Å². The summed E-state index contributed by atoms with van der Waals surface area (Å²) in [5.74, 6) is 0.0707. The third-order valence-electron chi connectivity index (χ3n) is 3.00. The maximum atomic E-state index is 11.7. The van der Waals surface area contributed by atoms with Crippen LogP contribution in [0, 0.1) is 0 Å². The minimum absolute atomic E-state index is 0.0707. The fourth-order valence-electron chi connectivity index (χ4n) is 1.87. The molecule has 1 aromatic rings. The maximum Gasteiger partial charge on any atom is 0.275 e. The number of carbonyl (C=O) groups is 1. The van der Waals surface area contributed by atoms with E-state index in [9.17, 15) is 4.79 Å². The van der Waals surface area contributed by atoms with Crippen LogP contribution in [0.15, 0.2) is 24.3 Å². The molecular formula is C14H22ClN2O+. The average molecular weight is 270 g/mol. The van der Waals surface area contributed by atoms with E-state index < -0.39 is 0 Å². The van der Waals surface area contributed by atoms with Crippen LogP contribution in [0.1, 0.15) is 32.4 Å². The largest absolute Gasteiger partial charge is 0.349 e. The zero-order valence-electron chi connectivity index (χ0n) is 11.5. The zero-order valence-corrected chi connectivity index (χ0v) is 12.2. The fourth-order valence-corrected chi connectivity index (χ4v) is 2.17. The predicted octanol–water partition coefficient (Wildman–Crippen LogP) is 1.44. The van der Waals surface area contributed by atoms with Gasteiger partial charge in [0, 0.05) is 16.6 Å². The van der Waals surface area contributed by atoms with Gasteiger partial charge in [-0.1, -0.05) is 29.8 Å². The van der Waals surface area contributed by atoms with E-state index in [0.29, 0.717) is 6.54 Å². The monoisotopic (exact) mass is 269 g/mol. The summed E-state index contributed by atoms with van der Waals surface area (Å²) in [6, 6.07) is 8.15. The Kier molecular flexibility index (Phi) is 5.63. The maximum absolute atomic E-state index is 11.7. The summed E-state index contributed by atoms with van der Waals surface area (Å²) in [7, 11) is 2.01. The molecule has 0 saturated heterocycles. The first kappa shape index (κ1) is 15.0. The van der Waals surface area contributed by atoms with Crippen molar-refractivity contribution in [1.82, 2.24) is 5.32 Å². The number of halogens is 1. The molecule has 0 saturated carbocycles. The first-order chi connectivity index (χ1) is 8.41. The van der Waals surface area contributed by atoms with Crippen LogP contribution < -0.4 is 10.2 Å². The first-order valence-electron chi connectivity index (χ1n) is 6.28. The molecule has 0 heterocycles. The molecule has 4 heteroatoms. The third kappa shape index (κ3) is 4.31. The van der Waals surface area contributed by atoms with Crippen LogP contribution in [0.2, 0.25) is 5.02 Å². The summed E-state index contributed by atoms with van der Waals surface area (Å²) in [5.41, 5.74) is 1.08. The Morgan fingerprint density at radius 3 is 2.50 bits per heavy atom. The van der Waals surface area contributed by atoms with Gasteiger partial charge in [-0.15, -0.1) is 0 Å². The van der Waals surface area contributed by atoms with Crippen LogP contribution in [0.5, 0.6) is 0 Å². The van der Waals surface area contributed by atoms with E-state index in [-0.39, 0.29) is 18.0 Å². The van der Waals surface area contributed by atoms with E-state index in [2.05, 4.69) is 12.2 Å². The summed E-state index contributed by atoms with van der Waals surface area (Å²) in [4.78, 5) is 12.8. The smallest absolute Gasteiger partial charge is 0.275 e. The summed E-state index contributed by atoms with van der Waals surface area (Å²) in [6.45, 7) is 6.46. The standard InChI is InChI=1S/C14H21ClN2O/c1-10(2)16-14(18)9-17(4)11(3)12-7-5-6-8-13(12)15/h5-8,10-11H,9H2,1-4H3,(H,16,18)/p+1/t11-/m1/s1. The highest BCUT2D eigenvalue weighted by atomic mass is 35.5. The van der Waals surface area contributed by atoms with E-state index in [1.54, 1.807) is 0 Å². The van der Waals surface area contributed by atoms with Crippen molar-refractivity contribution in [3.05, 3.63) is 34.9 Å². The molecule has 1 unspecified atom stereocenters. The summed E-state index contributed by atoms with van der Waals surface area (Å²) >= 11 is 6.17. The van der Waals surface area contributed by atoms with Gasteiger partial charge >= 0.3 is 0 Å². The van der Waals surface area contributed by atoms with E-state index in [1.165, 1.54) is 0 Å². The highest BCUT2D eigenvalue weighted by Gasteiger charge is 2.20. The number of nitrogens with one attached hydrogen (secondary N) is 2. The summed E-state index contributed by atoms with van der Waals surface area (Å²) in [6.07, 6.45) is 0. The van der Waals surface area contributed by atoms with Crippen molar-refractivity contribution < 1.29 is 9.69 Å². The molecule has 0 aliphatic rings. The minimum atomic E-state index is 0.0707. The fraction of sp³-hybridized carbons (Fsp3) is 0.500. The molecule has 0 fully saturated rings. The third-order valence-corrected chi connectivity index (χ3v) is 3.34. The highest BCUT2D eigenvalue weighted by molar-refractivity contribution is 6.31. The van der Waals surface area contributed by atoms with Crippen molar-refractivity contribution in [2.75, 3.05) is 13.6 Å². The van der Waals surface area contributed by atoms with Gasteiger partial charge in [-0.2, -0.15) is 0 Å². The van der Waals surface area contributed by atoms with Gasteiger partial charge in [0.15, 0.2) is 6.54 Å². The SMILES string of the molecule is CC(C)NC(=O)C[NH+](C)[C@H](C)c1ccccc1Cl. The van der Waals surface area contributed by atoms with Gasteiger partial charge in [-0.05, 0) is 26.8 Å². The molecule has 0 spiro atoms. The molecule has 0 bridgehead atoms. The van der Waals surface area contributed by atoms with Crippen molar-refractivity contribution in [3.8, 4) is 0 Å². The number of hydrogen-bond donors (Lipinski definition) is 2. The topological polar surface area (TPSA) is 33.5 Å². The zero-order chi connectivity index (χ0) is 13.7. The molecule has 2 N–H and O–H groups in total. The van der Waals surface area contributed by atoms with Crippen molar-refractivity contribution >= 4 is 17.5 Å². The van der Waals surface area contributed by atoms with Gasteiger partial charge in [-0.3, -0.25) is 4.79 Å². The number of carbonyl (C=O) groups excluding carboxylic acids is 1. The van der Waals surface area contributed by atoms with Crippen LogP contribution in [0.25, 0.3) is 0 Å². The molecule has 2 atom stereocenters. The highest BCUT2D eigenvalue weighted by Crippen LogP contribution is 2.19. The Morgan fingerprint density at radius 1 is 1.33 bits per heavy atom. The van der Waals surface area contributed by atoms with Gasteiger partial charge in [0.1, 0.15) is 6.04 Å². The van der Waals surface area contributed by atoms with Crippen molar-refractivity contribution in [1.29, 1.82) is 0 Å². The van der Waals surface area contributed by atoms with E-state index in [0.717, 1.165) is 15.5 Å². The Morgan fingerprint density at radius 2 is 1.94 bits per heavy atom. The van der Waals surface area contributed by atoms with E-state index in [1.807, 2.05) is 45.2 Å². The van der Waals surface area contributed by atoms with Crippen LogP contribution in [0.4, 0.5) is 0 Å². The lowest BCUT2D eigenvalue weighted by Gasteiger charge is -2.22. The lowest BCUT2D eigenvalue weighted by Crippen LogP contribution is -3.10. The number of quaternary nitrogens is 1. The summed E-state index contributed by atoms with van der Waals surface area (Å²) < 4.78 is 0. The average Bonchev–Trinajstić information content (AvgIpc) is 2.27. The molecule has 1 rings (SSSR count). The Balaban J connectivity index is 2.64. The molecule has 0 radical (unpaired) electrons. The molecule has 0 aliphatic carbocycles. The van der Waals surface area contributed by atoms with Crippen molar-refractivity contribution in [2.45, 2.75) is 32.9 Å². The number of likely N-dealkylation sites (N-methyl/N-ethyl adjacent to an activating group) is 1. The molecule has 3 nitrogen and oxygen atoms in total. The Hall–Kier alpha value is -1.06. The van der Waals surface area contributed by atoms with E-state index in [4.69, 9.17) is 11.6 Å². The van der Waals surface area contributed by atoms with Gasteiger partial charge in [0.05, 0.1) is 7.05 Å². The van der Waals surface area contributed by atoms with Gasteiger partial charge < -0.3 is 10.2 Å². The van der Waals surface area contributed by atoms with E-state index >= 15 is 0 Å². The first-order valence-corrected chi connectivity index (χ1v) is 6.65. The molecule has 0 aromatic heterocycles. The number of hydrogen-bond acceptors (Lipinski definition) is 1. The second kappa shape index (κ2) is 6.76.